The summed E-state index contributed by atoms with van der Waals surface area (Å²) in [6, 6.07) is 34.7. The zero-order valence-electron chi connectivity index (χ0n) is 16.2. The number of fused-ring (bicyclic) bond motifs is 8. The van der Waals surface area contributed by atoms with Crippen LogP contribution in [0.2, 0.25) is 0 Å². The Morgan fingerprint density at radius 2 is 0.733 bits per heavy atom. The molecule has 0 bridgehead atoms. The summed E-state index contributed by atoms with van der Waals surface area (Å²) in [5.41, 5.74) is 2.34. The standard InChI is InChI=1S/C28H18N2/c1-2-10-18-17(9-1)25-21-13-5-7-15-23(21)29-27(25)19-11-3-4-12-20(19)28-26(18)22-14-6-8-16-24(22)30-28/h1-16,29-30H/b25-17-,26-18-,27-19+,28-20+. The van der Waals surface area contributed by atoms with E-state index in [0.717, 1.165) is 0 Å². The van der Waals surface area contributed by atoms with Crippen LogP contribution in [0.15, 0.2) is 97.1 Å². The van der Waals surface area contributed by atoms with Crippen molar-refractivity contribution in [3.63, 3.8) is 0 Å². The number of hydrogen-bond donors (Lipinski definition) is 2. The SMILES string of the molecule is c1ccc2/c(c1)=c1\c([nH]c3ccccc13)=c1\cccc\c1=c1/[nH]c3ccccc3/c1=2. The van der Waals surface area contributed by atoms with E-state index in [0.29, 0.717) is 0 Å². The molecule has 0 radical (unpaired) electrons. The Hall–Kier alpha value is -4.04. The fraction of sp³-hybridized carbons (Fsp3) is 0. The Labute approximate surface area is 171 Å². The molecule has 0 saturated carbocycles. The summed E-state index contributed by atoms with van der Waals surface area (Å²) in [4.78, 5) is 7.46. The molecule has 0 fully saturated rings. The van der Waals surface area contributed by atoms with E-state index in [1.165, 1.54) is 63.8 Å². The molecular formula is C28H18N2. The van der Waals surface area contributed by atoms with Crippen molar-refractivity contribution in [3.8, 4) is 0 Å². The Morgan fingerprint density at radius 3 is 1.20 bits per heavy atom. The molecule has 1 aliphatic rings. The molecule has 0 atom stereocenters. The molecular weight excluding hydrogens is 364 g/mol. The Balaban J connectivity index is 2.11. The van der Waals surface area contributed by atoms with Gasteiger partial charge in [-0.3, -0.25) is 0 Å². The van der Waals surface area contributed by atoms with Gasteiger partial charge in [0, 0.05) is 42.7 Å². The van der Waals surface area contributed by atoms with Gasteiger partial charge < -0.3 is 9.97 Å². The van der Waals surface area contributed by atoms with Gasteiger partial charge >= 0.3 is 0 Å². The van der Waals surface area contributed by atoms with Crippen LogP contribution < -0.4 is 0 Å². The maximum absolute atomic E-state index is 3.73. The summed E-state index contributed by atoms with van der Waals surface area (Å²) in [5.74, 6) is 0. The zero-order chi connectivity index (χ0) is 19.7. The van der Waals surface area contributed by atoms with Crippen molar-refractivity contribution in [1.29, 1.82) is 0 Å². The summed E-state index contributed by atoms with van der Waals surface area (Å²) in [5, 5.41) is 12.4. The van der Waals surface area contributed by atoms with Gasteiger partial charge in [0.1, 0.15) is 0 Å². The number of H-pyrrole nitrogens is 2. The lowest BCUT2D eigenvalue weighted by Crippen LogP contribution is -1.87. The number of hydrogen-bond acceptors (Lipinski definition) is 0. The molecule has 0 aliphatic heterocycles. The van der Waals surface area contributed by atoms with Gasteiger partial charge in [0.25, 0.3) is 0 Å². The molecule has 2 heterocycles. The van der Waals surface area contributed by atoms with Gasteiger partial charge in [-0.1, -0.05) is 84.9 Å². The molecule has 4 aromatic carbocycles. The van der Waals surface area contributed by atoms with Gasteiger partial charge in [-0.15, -0.1) is 0 Å². The fourth-order valence-electron chi connectivity index (χ4n) is 5.09. The highest BCUT2D eigenvalue weighted by Crippen LogP contribution is 2.22. The monoisotopic (exact) mass is 382 g/mol. The Kier molecular flexibility index (Phi) is 3.03. The third kappa shape index (κ3) is 1.98. The smallest absolute Gasteiger partial charge is 0.0551 e. The van der Waals surface area contributed by atoms with Gasteiger partial charge in [-0.25, -0.2) is 0 Å². The lowest BCUT2D eigenvalue weighted by molar-refractivity contribution is 1.22. The van der Waals surface area contributed by atoms with Crippen LogP contribution in [0.1, 0.15) is 0 Å². The highest BCUT2D eigenvalue weighted by Gasteiger charge is 2.08. The second-order valence-corrected chi connectivity index (χ2v) is 7.93. The van der Waals surface area contributed by atoms with Crippen molar-refractivity contribution >= 4 is 21.8 Å². The highest BCUT2D eigenvalue weighted by atomic mass is 14.7. The van der Waals surface area contributed by atoms with Crippen LogP contribution in [0, 0.1) is 42.0 Å². The summed E-state index contributed by atoms with van der Waals surface area (Å²) in [7, 11) is 0. The van der Waals surface area contributed by atoms with Crippen molar-refractivity contribution in [2.75, 3.05) is 0 Å². The summed E-state index contributed by atoms with van der Waals surface area (Å²) in [6.07, 6.45) is 0. The average Bonchev–Trinajstić information content (AvgIpc) is 3.37. The van der Waals surface area contributed by atoms with E-state index in [2.05, 4.69) is 107 Å². The van der Waals surface area contributed by atoms with Crippen LogP contribution >= 0.6 is 0 Å². The first kappa shape index (κ1) is 15.8. The van der Waals surface area contributed by atoms with Gasteiger partial charge in [0.2, 0.25) is 0 Å². The lowest BCUT2D eigenvalue weighted by Gasteiger charge is -1.97. The molecule has 2 heteroatoms. The van der Waals surface area contributed by atoms with E-state index < -0.39 is 0 Å². The molecule has 140 valence electrons. The fourth-order valence-corrected chi connectivity index (χ4v) is 5.09. The van der Waals surface area contributed by atoms with Crippen molar-refractivity contribution in [2.45, 2.75) is 0 Å². The molecule has 2 aromatic heterocycles. The van der Waals surface area contributed by atoms with E-state index in [1.54, 1.807) is 0 Å². The molecule has 0 spiro atoms. The topological polar surface area (TPSA) is 31.6 Å². The van der Waals surface area contributed by atoms with Gasteiger partial charge in [-0.05, 0) is 22.6 Å². The second kappa shape index (κ2) is 5.74. The molecule has 30 heavy (non-hydrogen) atoms. The number of para-hydroxylation sites is 2. The van der Waals surface area contributed by atoms with Crippen molar-refractivity contribution in [1.82, 2.24) is 9.97 Å². The van der Waals surface area contributed by atoms with Gasteiger partial charge in [-0.2, -0.15) is 0 Å². The maximum atomic E-state index is 3.73. The van der Waals surface area contributed by atoms with Crippen LogP contribution in [0.4, 0.5) is 0 Å². The van der Waals surface area contributed by atoms with Gasteiger partial charge in [0.15, 0.2) is 0 Å². The summed E-state index contributed by atoms with van der Waals surface area (Å²) in [6.45, 7) is 0. The molecule has 2 N–H and O–H groups in total. The minimum absolute atomic E-state index is 1.17. The van der Waals surface area contributed by atoms with E-state index in [-0.39, 0.29) is 0 Å². The van der Waals surface area contributed by atoms with Crippen LogP contribution in [0.25, 0.3) is 21.8 Å². The third-order valence-corrected chi connectivity index (χ3v) is 6.34. The van der Waals surface area contributed by atoms with E-state index in [9.17, 15) is 0 Å². The minimum atomic E-state index is 1.17. The average molecular weight is 382 g/mol. The number of aromatic amines is 2. The number of aromatic nitrogens is 2. The molecule has 2 nitrogen and oxygen atoms in total. The number of nitrogens with one attached hydrogen (secondary N) is 2. The predicted molar refractivity (Wildman–Crippen MR) is 120 cm³/mol. The first-order chi connectivity index (χ1) is 14.9. The first-order valence-electron chi connectivity index (χ1n) is 10.3. The van der Waals surface area contributed by atoms with Crippen LogP contribution in [0.3, 0.4) is 0 Å². The van der Waals surface area contributed by atoms with E-state index in [1.807, 2.05) is 0 Å². The van der Waals surface area contributed by atoms with E-state index in [4.69, 9.17) is 0 Å². The lowest BCUT2D eigenvalue weighted by atomic mass is 10.1. The molecule has 6 aromatic rings. The van der Waals surface area contributed by atoms with Crippen molar-refractivity contribution in [2.24, 2.45) is 0 Å². The highest BCUT2D eigenvalue weighted by molar-refractivity contribution is 5.82. The number of benzene rings is 4. The second-order valence-electron chi connectivity index (χ2n) is 7.93. The van der Waals surface area contributed by atoms with Crippen LogP contribution in [-0.2, 0) is 0 Å². The molecule has 0 amide bonds. The summed E-state index contributed by atoms with van der Waals surface area (Å²) < 4.78 is 0. The minimum Gasteiger partial charge on any atom is -0.354 e. The van der Waals surface area contributed by atoms with Crippen LogP contribution in [-0.4, -0.2) is 9.97 Å². The third-order valence-electron chi connectivity index (χ3n) is 6.34. The quantitative estimate of drug-likeness (QED) is 0.317. The molecule has 1 aliphatic carbocycles. The van der Waals surface area contributed by atoms with Crippen molar-refractivity contribution in [3.05, 3.63) is 139 Å². The van der Waals surface area contributed by atoms with Crippen molar-refractivity contribution < 1.29 is 0 Å². The first-order valence-corrected chi connectivity index (χ1v) is 10.3. The normalized spacial score (nSPS) is 16.8. The number of rotatable bonds is 0. The van der Waals surface area contributed by atoms with Crippen LogP contribution in [0.5, 0.6) is 0 Å². The maximum Gasteiger partial charge on any atom is 0.0551 e. The Morgan fingerprint density at radius 1 is 0.367 bits per heavy atom. The molecule has 0 unspecified atom stereocenters. The Bertz CT molecular complexity index is 1860. The largest absolute Gasteiger partial charge is 0.354 e. The van der Waals surface area contributed by atoms with E-state index >= 15 is 0 Å². The predicted octanol–water partition coefficient (Wildman–Crippen LogP) is 6.11. The summed E-state index contributed by atoms with van der Waals surface area (Å²) >= 11 is 0. The van der Waals surface area contributed by atoms with Gasteiger partial charge in [0.05, 0.1) is 10.7 Å². The zero-order valence-corrected chi connectivity index (χ0v) is 16.2. The molecule has 7 rings (SSSR count). The molecule has 0 saturated heterocycles.